The summed E-state index contributed by atoms with van der Waals surface area (Å²) in [5.41, 5.74) is 0. The van der Waals surface area contributed by atoms with E-state index in [0.717, 1.165) is 12.8 Å². The lowest BCUT2D eigenvalue weighted by Crippen LogP contribution is -2.44. The number of thioether (sulfide) groups is 1. The third-order valence-corrected chi connectivity index (χ3v) is 5.66. The number of amides is 1. The normalized spacial score (nSPS) is 17.8. The SMILES string of the molecule is COc1ccsc1C(=O)N1CCC(C#N)(SC)CC1. The van der Waals surface area contributed by atoms with Crippen LogP contribution in [0.15, 0.2) is 11.4 Å². The number of hydrogen-bond acceptors (Lipinski definition) is 5. The first kappa shape index (κ1) is 14.2. The number of methoxy groups -OCH3 is 1. The molecule has 0 aromatic carbocycles. The molecule has 4 nitrogen and oxygen atoms in total. The Morgan fingerprint density at radius 2 is 2.26 bits per heavy atom. The lowest BCUT2D eigenvalue weighted by molar-refractivity contribution is 0.0718. The average Bonchev–Trinajstić information content (AvgIpc) is 2.95. The zero-order valence-electron chi connectivity index (χ0n) is 11.0. The summed E-state index contributed by atoms with van der Waals surface area (Å²) in [5.74, 6) is 0.650. The fourth-order valence-electron chi connectivity index (χ4n) is 2.19. The second-order valence-electron chi connectivity index (χ2n) is 4.42. The topological polar surface area (TPSA) is 53.3 Å². The number of piperidine rings is 1. The van der Waals surface area contributed by atoms with Gasteiger partial charge in [-0.05, 0) is 30.5 Å². The van der Waals surface area contributed by atoms with Gasteiger partial charge in [0, 0.05) is 13.1 Å². The largest absolute Gasteiger partial charge is 0.495 e. The molecular weight excluding hydrogens is 280 g/mol. The van der Waals surface area contributed by atoms with Crippen LogP contribution in [0.25, 0.3) is 0 Å². The minimum Gasteiger partial charge on any atom is -0.495 e. The quantitative estimate of drug-likeness (QED) is 0.860. The van der Waals surface area contributed by atoms with E-state index in [1.807, 2.05) is 22.6 Å². The van der Waals surface area contributed by atoms with E-state index in [1.54, 1.807) is 18.9 Å². The zero-order valence-corrected chi connectivity index (χ0v) is 12.6. The molecule has 0 unspecified atom stereocenters. The van der Waals surface area contributed by atoms with E-state index in [0.29, 0.717) is 23.7 Å². The van der Waals surface area contributed by atoms with Crippen LogP contribution in [0.3, 0.4) is 0 Å². The van der Waals surface area contributed by atoms with E-state index in [2.05, 4.69) is 6.07 Å². The molecule has 1 aliphatic rings. The van der Waals surface area contributed by atoms with Gasteiger partial charge in [-0.3, -0.25) is 4.79 Å². The predicted octanol–water partition coefficient (Wildman–Crippen LogP) is 2.62. The van der Waals surface area contributed by atoms with E-state index in [4.69, 9.17) is 4.74 Å². The van der Waals surface area contributed by atoms with Crippen molar-refractivity contribution in [3.63, 3.8) is 0 Å². The molecule has 0 atom stereocenters. The Morgan fingerprint density at radius 3 is 2.79 bits per heavy atom. The zero-order chi connectivity index (χ0) is 13.9. The number of carbonyl (C=O) groups is 1. The Morgan fingerprint density at radius 1 is 1.58 bits per heavy atom. The summed E-state index contributed by atoms with van der Waals surface area (Å²) in [5, 5.41) is 11.1. The first-order valence-electron chi connectivity index (χ1n) is 6.03. The van der Waals surface area contributed by atoms with Gasteiger partial charge in [0.05, 0.1) is 13.2 Å². The maximum Gasteiger partial charge on any atom is 0.267 e. The molecule has 1 aliphatic heterocycles. The number of likely N-dealkylation sites (tertiary alicyclic amines) is 1. The van der Waals surface area contributed by atoms with E-state index in [1.165, 1.54) is 11.3 Å². The van der Waals surface area contributed by atoms with Crippen LogP contribution >= 0.6 is 23.1 Å². The highest BCUT2D eigenvalue weighted by Gasteiger charge is 2.36. The average molecular weight is 296 g/mol. The van der Waals surface area contributed by atoms with Crippen molar-refractivity contribution in [2.75, 3.05) is 26.5 Å². The molecule has 1 aromatic rings. The van der Waals surface area contributed by atoms with E-state index in [9.17, 15) is 10.1 Å². The van der Waals surface area contributed by atoms with Gasteiger partial charge in [-0.1, -0.05) is 0 Å². The van der Waals surface area contributed by atoms with Crippen LogP contribution in [-0.2, 0) is 0 Å². The molecule has 1 fully saturated rings. The Hall–Kier alpha value is -1.19. The Labute approximate surface area is 121 Å². The van der Waals surface area contributed by atoms with Crippen molar-refractivity contribution < 1.29 is 9.53 Å². The molecular formula is C13H16N2O2S2. The molecule has 0 bridgehead atoms. The van der Waals surface area contributed by atoms with Crippen LogP contribution in [0.1, 0.15) is 22.5 Å². The van der Waals surface area contributed by atoms with E-state index >= 15 is 0 Å². The van der Waals surface area contributed by atoms with Gasteiger partial charge in [0.25, 0.3) is 5.91 Å². The van der Waals surface area contributed by atoms with Crippen molar-refractivity contribution in [1.29, 1.82) is 5.26 Å². The third-order valence-electron chi connectivity index (χ3n) is 3.50. The first-order chi connectivity index (χ1) is 9.15. The monoisotopic (exact) mass is 296 g/mol. The van der Waals surface area contributed by atoms with Gasteiger partial charge in [0.1, 0.15) is 15.4 Å². The Balaban J connectivity index is 2.06. The number of hydrogen-bond donors (Lipinski definition) is 0. The molecule has 6 heteroatoms. The number of rotatable bonds is 3. The highest BCUT2D eigenvalue weighted by molar-refractivity contribution is 8.00. The minimum absolute atomic E-state index is 0.0134. The van der Waals surface area contributed by atoms with Crippen molar-refractivity contribution in [2.24, 2.45) is 0 Å². The number of nitrogens with zero attached hydrogens (tertiary/aromatic N) is 2. The predicted molar refractivity (Wildman–Crippen MR) is 77.9 cm³/mol. The van der Waals surface area contributed by atoms with Crippen LogP contribution in [0, 0.1) is 11.3 Å². The lowest BCUT2D eigenvalue weighted by Gasteiger charge is -2.36. The number of thiophene rings is 1. The third kappa shape index (κ3) is 2.72. The molecule has 0 radical (unpaired) electrons. The van der Waals surface area contributed by atoms with Gasteiger partial charge in [-0.15, -0.1) is 23.1 Å². The Bertz CT molecular complexity index is 499. The van der Waals surface area contributed by atoms with E-state index < -0.39 is 0 Å². The van der Waals surface area contributed by atoms with Gasteiger partial charge < -0.3 is 9.64 Å². The van der Waals surface area contributed by atoms with Gasteiger partial charge in [-0.25, -0.2) is 0 Å². The van der Waals surface area contributed by atoms with Crippen molar-refractivity contribution in [3.05, 3.63) is 16.3 Å². The molecule has 2 rings (SSSR count). The molecule has 1 aromatic heterocycles. The smallest absolute Gasteiger partial charge is 0.267 e. The Kier molecular flexibility index (Phi) is 4.38. The maximum atomic E-state index is 12.4. The molecule has 2 heterocycles. The van der Waals surface area contributed by atoms with Crippen molar-refractivity contribution in [1.82, 2.24) is 4.90 Å². The number of nitriles is 1. The molecule has 1 saturated heterocycles. The summed E-state index contributed by atoms with van der Waals surface area (Å²) in [6, 6.07) is 4.20. The van der Waals surface area contributed by atoms with Gasteiger partial charge >= 0.3 is 0 Å². The van der Waals surface area contributed by atoms with Crippen LogP contribution in [0.4, 0.5) is 0 Å². The molecule has 19 heavy (non-hydrogen) atoms. The molecule has 102 valence electrons. The molecule has 0 N–H and O–H groups in total. The van der Waals surface area contributed by atoms with E-state index in [-0.39, 0.29) is 10.7 Å². The fourth-order valence-corrected chi connectivity index (χ4v) is 3.70. The summed E-state index contributed by atoms with van der Waals surface area (Å²) in [6.45, 7) is 1.27. The second-order valence-corrected chi connectivity index (χ2v) is 6.53. The summed E-state index contributed by atoms with van der Waals surface area (Å²) in [7, 11) is 1.57. The lowest BCUT2D eigenvalue weighted by atomic mass is 9.97. The molecule has 0 aliphatic carbocycles. The molecule has 0 spiro atoms. The van der Waals surface area contributed by atoms with Gasteiger partial charge in [-0.2, -0.15) is 5.26 Å². The van der Waals surface area contributed by atoms with Gasteiger partial charge in [0.2, 0.25) is 0 Å². The fraction of sp³-hybridized carbons (Fsp3) is 0.538. The van der Waals surface area contributed by atoms with Crippen LogP contribution in [0.2, 0.25) is 0 Å². The van der Waals surface area contributed by atoms with Crippen molar-refractivity contribution >= 4 is 29.0 Å². The van der Waals surface area contributed by atoms with Crippen LogP contribution in [0.5, 0.6) is 5.75 Å². The van der Waals surface area contributed by atoms with Gasteiger partial charge in [0.15, 0.2) is 0 Å². The standard InChI is InChI=1S/C13H16N2O2S2/c1-17-10-3-8-19-11(10)12(16)15-6-4-13(9-14,18-2)5-7-15/h3,8H,4-7H2,1-2H3. The van der Waals surface area contributed by atoms with Crippen molar-refractivity contribution in [2.45, 2.75) is 17.6 Å². The second kappa shape index (κ2) is 5.85. The van der Waals surface area contributed by atoms with Crippen LogP contribution in [-0.4, -0.2) is 42.0 Å². The molecule has 0 saturated carbocycles. The van der Waals surface area contributed by atoms with Crippen LogP contribution < -0.4 is 4.74 Å². The highest BCUT2D eigenvalue weighted by atomic mass is 32.2. The summed E-state index contributed by atoms with van der Waals surface area (Å²) in [6.07, 6.45) is 3.41. The molecule has 1 amide bonds. The summed E-state index contributed by atoms with van der Waals surface area (Å²) >= 11 is 2.99. The summed E-state index contributed by atoms with van der Waals surface area (Å²) < 4.78 is 4.86. The first-order valence-corrected chi connectivity index (χ1v) is 8.13. The summed E-state index contributed by atoms with van der Waals surface area (Å²) in [4.78, 5) is 14.9. The number of ether oxygens (including phenoxy) is 1. The highest BCUT2D eigenvalue weighted by Crippen LogP contribution is 2.35. The minimum atomic E-state index is -0.323. The maximum absolute atomic E-state index is 12.4. The number of carbonyl (C=O) groups excluding carboxylic acids is 1. The van der Waals surface area contributed by atoms with Crippen molar-refractivity contribution in [3.8, 4) is 11.8 Å².